The van der Waals surface area contributed by atoms with E-state index in [-0.39, 0.29) is 17.9 Å². The topological polar surface area (TPSA) is 92.3 Å². The molecule has 4 rings (SSSR count). The van der Waals surface area contributed by atoms with Crippen molar-refractivity contribution < 1.29 is 26.4 Å². The van der Waals surface area contributed by atoms with Gasteiger partial charge in [0, 0.05) is 6.54 Å². The lowest BCUT2D eigenvalue weighted by atomic mass is 10.1. The predicted octanol–water partition coefficient (Wildman–Crippen LogP) is 3.63. The normalized spacial score (nSPS) is 17.9. The number of sulfonamides is 1. The Kier molecular flexibility index (Phi) is 4.84. The lowest BCUT2D eigenvalue weighted by Gasteiger charge is -2.26. The van der Waals surface area contributed by atoms with Crippen LogP contribution in [-0.4, -0.2) is 46.7 Å². The van der Waals surface area contributed by atoms with E-state index in [1.54, 1.807) is 13.0 Å². The number of aromatic nitrogens is 2. The Balaban J connectivity index is 1.83. The van der Waals surface area contributed by atoms with Crippen molar-refractivity contribution in [1.29, 1.82) is 0 Å². The third-order valence-electron chi connectivity index (χ3n) is 5.20. The Labute approximate surface area is 175 Å². The van der Waals surface area contributed by atoms with Gasteiger partial charge in [-0.3, -0.25) is 9.52 Å². The fourth-order valence-electron chi connectivity index (χ4n) is 3.41. The van der Waals surface area contributed by atoms with Gasteiger partial charge in [-0.05, 0) is 45.2 Å². The van der Waals surface area contributed by atoms with Gasteiger partial charge in [0.1, 0.15) is 6.04 Å². The van der Waals surface area contributed by atoms with Gasteiger partial charge >= 0.3 is 6.18 Å². The van der Waals surface area contributed by atoms with E-state index in [1.807, 2.05) is 6.92 Å². The third kappa shape index (κ3) is 3.66. The molecule has 0 aromatic carbocycles. The Hall–Kier alpha value is -2.21. The SMILES string of the molecule is Cc1nc(C)c(-c2cc3c(c(NS(=O)(=O)C4CC4)n2)C(=O)N([C@@H](C)C(F)(F)F)C3)s1. The van der Waals surface area contributed by atoms with Crippen molar-refractivity contribution in [1.82, 2.24) is 14.9 Å². The molecule has 0 radical (unpaired) electrons. The lowest BCUT2D eigenvalue weighted by molar-refractivity contribution is -0.172. The summed E-state index contributed by atoms with van der Waals surface area (Å²) in [5.74, 6) is -1.11. The molecule has 1 aliphatic carbocycles. The molecule has 1 fully saturated rings. The van der Waals surface area contributed by atoms with E-state index >= 15 is 0 Å². The second-order valence-electron chi connectivity index (χ2n) is 7.53. The first-order valence-electron chi connectivity index (χ1n) is 9.26. The van der Waals surface area contributed by atoms with E-state index in [0.717, 1.165) is 11.9 Å². The molecule has 30 heavy (non-hydrogen) atoms. The molecule has 3 heterocycles. The molecule has 0 saturated heterocycles. The Morgan fingerprint density at radius 1 is 1.27 bits per heavy atom. The molecule has 0 unspecified atom stereocenters. The average Bonchev–Trinajstić information content (AvgIpc) is 3.36. The second kappa shape index (κ2) is 6.91. The van der Waals surface area contributed by atoms with Gasteiger partial charge in [0.2, 0.25) is 10.0 Å². The van der Waals surface area contributed by atoms with Crippen LogP contribution in [-0.2, 0) is 16.6 Å². The van der Waals surface area contributed by atoms with Gasteiger partial charge in [-0.25, -0.2) is 18.4 Å². The molecule has 1 amide bonds. The van der Waals surface area contributed by atoms with Crippen molar-refractivity contribution in [2.24, 2.45) is 0 Å². The molecule has 2 aliphatic rings. The number of nitrogens with one attached hydrogen (secondary N) is 1. The molecule has 1 atom stereocenters. The van der Waals surface area contributed by atoms with Gasteiger partial charge in [-0.1, -0.05) is 0 Å². The standard InChI is InChI=1S/C18H19F3N4O3S2/c1-8-15(29-10(3)22-8)13-6-11-7-25(9(2)18(19,20)21)17(26)14(11)16(23-13)24-30(27,28)12-4-5-12/h6,9,12H,4-5,7H2,1-3H3,(H,23,24)/t9-/m0/s1. The van der Waals surface area contributed by atoms with Crippen molar-refractivity contribution in [3.05, 3.63) is 27.9 Å². The highest BCUT2D eigenvalue weighted by atomic mass is 32.2. The summed E-state index contributed by atoms with van der Waals surface area (Å²) in [6, 6.07) is -0.466. The van der Waals surface area contributed by atoms with E-state index in [0.29, 0.717) is 39.6 Å². The molecular formula is C18H19F3N4O3S2. The van der Waals surface area contributed by atoms with Gasteiger partial charge in [0.05, 0.1) is 32.1 Å². The summed E-state index contributed by atoms with van der Waals surface area (Å²) in [6.07, 6.45) is -3.61. The van der Waals surface area contributed by atoms with Crippen LogP contribution in [0.3, 0.4) is 0 Å². The van der Waals surface area contributed by atoms with Crippen LogP contribution >= 0.6 is 11.3 Å². The number of rotatable bonds is 5. The zero-order chi connectivity index (χ0) is 22.0. The summed E-state index contributed by atoms with van der Waals surface area (Å²) in [4.78, 5) is 22.9. The lowest BCUT2D eigenvalue weighted by Crippen LogP contribution is -2.43. The maximum Gasteiger partial charge on any atom is 0.408 e. The summed E-state index contributed by atoms with van der Waals surface area (Å²) < 4.78 is 67.1. The maximum atomic E-state index is 13.3. The Morgan fingerprint density at radius 2 is 1.93 bits per heavy atom. The van der Waals surface area contributed by atoms with Gasteiger partial charge in [-0.15, -0.1) is 11.3 Å². The first-order valence-corrected chi connectivity index (χ1v) is 11.6. The quantitative estimate of drug-likeness (QED) is 0.736. The number of anilines is 1. The van der Waals surface area contributed by atoms with E-state index in [2.05, 4.69) is 14.7 Å². The van der Waals surface area contributed by atoms with Crippen LogP contribution in [0.1, 0.15) is 46.4 Å². The monoisotopic (exact) mass is 460 g/mol. The highest BCUT2D eigenvalue weighted by Gasteiger charge is 2.46. The summed E-state index contributed by atoms with van der Waals surface area (Å²) in [5.41, 5.74) is 1.23. The van der Waals surface area contributed by atoms with Gasteiger partial charge < -0.3 is 4.90 Å². The minimum absolute atomic E-state index is 0.127. The number of hydrogen-bond acceptors (Lipinski definition) is 6. The first kappa shape index (κ1) is 21.0. The number of amides is 1. The van der Waals surface area contributed by atoms with Gasteiger partial charge in [-0.2, -0.15) is 13.2 Å². The number of carbonyl (C=O) groups excluding carboxylic acids is 1. The number of pyridine rings is 1. The van der Waals surface area contributed by atoms with Crippen molar-refractivity contribution in [3.63, 3.8) is 0 Å². The summed E-state index contributed by atoms with van der Waals surface area (Å²) in [7, 11) is -3.77. The molecular weight excluding hydrogens is 441 g/mol. The minimum Gasteiger partial charge on any atom is -0.322 e. The molecule has 162 valence electrons. The Bertz CT molecular complexity index is 1140. The average molecular weight is 461 g/mol. The van der Waals surface area contributed by atoms with Gasteiger partial charge in [0.25, 0.3) is 5.91 Å². The number of fused-ring (bicyclic) bond motifs is 1. The van der Waals surface area contributed by atoms with Crippen molar-refractivity contribution in [2.45, 2.75) is 57.6 Å². The summed E-state index contributed by atoms with van der Waals surface area (Å²) in [5, 5.41) is 0.195. The van der Waals surface area contributed by atoms with Crippen LogP contribution in [0.25, 0.3) is 10.6 Å². The molecule has 7 nitrogen and oxygen atoms in total. The number of hydrogen-bond donors (Lipinski definition) is 1. The van der Waals surface area contributed by atoms with Crippen LogP contribution < -0.4 is 4.72 Å². The first-order chi connectivity index (χ1) is 13.9. The molecule has 2 aromatic rings. The van der Waals surface area contributed by atoms with Crippen LogP contribution in [0.4, 0.5) is 19.0 Å². The highest BCUT2D eigenvalue weighted by Crippen LogP contribution is 2.39. The third-order valence-corrected chi connectivity index (χ3v) is 8.12. The van der Waals surface area contributed by atoms with E-state index in [1.165, 1.54) is 11.3 Å². The van der Waals surface area contributed by atoms with Crippen molar-refractivity contribution in [2.75, 3.05) is 4.72 Å². The molecule has 12 heteroatoms. The fourth-order valence-corrected chi connectivity index (χ4v) is 5.63. The van der Waals surface area contributed by atoms with E-state index in [4.69, 9.17) is 0 Å². The number of aryl methyl sites for hydroxylation is 2. The zero-order valence-electron chi connectivity index (χ0n) is 16.4. The summed E-state index contributed by atoms with van der Waals surface area (Å²) >= 11 is 1.34. The van der Waals surface area contributed by atoms with Crippen LogP contribution in [0.15, 0.2) is 6.07 Å². The smallest absolute Gasteiger partial charge is 0.322 e. The maximum absolute atomic E-state index is 13.3. The number of nitrogens with zero attached hydrogens (tertiary/aromatic N) is 3. The number of halogens is 3. The fraction of sp³-hybridized carbons (Fsp3) is 0.500. The van der Waals surface area contributed by atoms with E-state index < -0.39 is 33.4 Å². The predicted molar refractivity (Wildman–Crippen MR) is 106 cm³/mol. The van der Waals surface area contributed by atoms with Gasteiger partial charge in [0.15, 0.2) is 5.82 Å². The molecule has 1 saturated carbocycles. The van der Waals surface area contributed by atoms with Crippen molar-refractivity contribution in [3.8, 4) is 10.6 Å². The molecule has 0 spiro atoms. The Morgan fingerprint density at radius 3 is 2.47 bits per heavy atom. The van der Waals surface area contributed by atoms with E-state index in [9.17, 15) is 26.4 Å². The molecule has 0 bridgehead atoms. The van der Waals surface area contributed by atoms with Crippen molar-refractivity contribution >= 4 is 33.1 Å². The minimum atomic E-state index is -4.60. The highest BCUT2D eigenvalue weighted by molar-refractivity contribution is 7.93. The number of carbonyl (C=O) groups is 1. The van der Waals surface area contributed by atoms with Crippen LogP contribution in [0.5, 0.6) is 0 Å². The zero-order valence-corrected chi connectivity index (χ0v) is 18.0. The van der Waals surface area contributed by atoms with Crippen LogP contribution in [0.2, 0.25) is 0 Å². The largest absolute Gasteiger partial charge is 0.408 e. The van der Waals surface area contributed by atoms with Crippen LogP contribution in [0, 0.1) is 13.8 Å². The summed E-state index contributed by atoms with van der Waals surface area (Å²) in [6.45, 7) is 4.20. The molecule has 2 aromatic heterocycles. The molecule has 1 N–H and O–H groups in total. The number of thiazole rings is 1. The number of alkyl halides is 3. The molecule has 1 aliphatic heterocycles. The second-order valence-corrected chi connectivity index (χ2v) is 10.7.